The number of nitrogens with zero attached hydrogens (tertiary/aromatic N) is 1. The Morgan fingerprint density at radius 2 is 2.10 bits per heavy atom. The van der Waals surface area contributed by atoms with Crippen LogP contribution in [0.25, 0.3) is 0 Å². The molecule has 110 valence electrons. The first-order chi connectivity index (χ1) is 9.31. The summed E-state index contributed by atoms with van der Waals surface area (Å²) in [5, 5.41) is 0. The molecule has 2 atom stereocenters. The van der Waals surface area contributed by atoms with Gasteiger partial charge in [0.25, 0.3) is 0 Å². The molecule has 1 aliphatic rings. The van der Waals surface area contributed by atoms with Crippen LogP contribution in [0.2, 0.25) is 0 Å². The maximum absolute atomic E-state index is 12.4. The van der Waals surface area contributed by atoms with Crippen LogP contribution in [0.4, 0.5) is 0 Å². The molecule has 1 aliphatic carbocycles. The van der Waals surface area contributed by atoms with Gasteiger partial charge in [-0.15, -0.1) is 0 Å². The van der Waals surface area contributed by atoms with E-state index in [-0.39, 0.29) is 17.8 Å². The zero-order valence-corrected chi connectivity index (χ0v) is 12.8. The monoisotopic (exact) mass is 277 g/mol. The highest BCUT2D eigenvalue weighted by atomic mass is 16.6. The molecule has 4 heteroatoms. The summed E-state index contributed by atoms with van der Waals surface area (Å²) in [6.07, 6.45) is 4.62. The number of esters is 1. The fourth-order valence-corrected chi connectivity index (χ4v) is 2.60. The van der Waals surface area contributed by atoms with E-state index in [0.717, 1.165) is 11.5 Å². The molecule has 0 N–H and O–H groups in total. The first-order valence-corrected chi connectivity index (χ1v) is 6.90. The topological polar surface area (TPSA) is 40.5 Å². The Bertz CT molecular complexity index is 522. The van der Waals surface area contributed by atoms with E-state index in [1.165, 1.54) is 0 Å². The predicted octanol–water partition coefficient (Wildman–Crippen LogP) is 3.00. The van der Waals surface area contributed by atoms with E-state index in [9.17, 15) is 4.79 Å². The lowest BCUT2D eigenvalue weighted by atomic mass is 9.92. The molecule has 0 spiro atoms. The van der Waals surface area contributed by atoms with Gasteiger partial charge in [0, 0.05) is 31.3 Å². The van der Waals surface area contributed by atoms with Crippen molar-refractivity contribution >= 4 is 5.97 Å². The van der Waals surface area contributed by atoms with Crippen LogP contribution in [0, 0.1) is 5.92 Å². The van der Waals surface area contributed by atoms with Crippen LogP contribution in [0.5, 0.6) is 0 Å². The molecule has 0 bridgehead atoms. The molecule has 0 saturated carbocycles. The van der Waals surface area contributed by atoms with Crippen molar-refractivity contribution in [1.82, 2.24) is 4.57 Å². The van der Waals surface area contributed by atoms with Gasteiger partial charge in [0.15, 0.2) is 0 Å². The number of allylic oxidation sites excluding steroid dienone is 2. The quantitative estimate of drug-likeness (QED) is 0.797. The zero-order chi connectivity index (χ0) is 14.9. The Kier molecular flexibility index (Phi) is 3.93. The van der Waals surface area contributed by atoms with E-state index in [1.807, 2.05) is 56.8 Å². The molecule has 0 amide bonds. The van der Waals surface area contributed by atoms with Crippen LogP contribution < -0.4 is 0 Å². The molecule has 0 radical (unpaired) electrons. The Hall–Kier alpha value is -1.71. The Labute approximate surface area is 120 Å². The largest absolute Gasteiger partial charge is 0.501 e. The molecule has 0 fully saturated rings. The molecule has 0 unspecified atom stereocenters. The van der Waals surface area contributed by atoms with Crippen LogP contribution in [0.15, 0.2) is 30.2 Å². The number of aromatic nitrogens is 1. The summed E-state index contributed by atoms with van der Waals surface area (Å²) in [7, 11) is 3.63. The van der Waals surface area contributed by atoms with Crippen molar-refractivity contribution in [2.24, 2.45) is 13.0 Å². The van der Waals surface area contributed by atoms with Gasteiger partial charge in [-0.3, -0.25) is 4.79 Å². The Morgan fingerprint density at radius 3 is 2.60 bits per heavy atom. The summed E-state index contributed by atoms with van der Waals surface area (Å²) in [5.74, 6) is 0.497. The van der Waals surface area contributed by atoms with Crippen molar-refractivity contribution in [3.63, 3.8) is 0 Å². The van der Waals surface area contributed by atoms with Crippen molar-refractivity contribution in [1.29, 1.82) is 0 Å². The maximum Gasteiger partial charge on any atom is 0.310 e. The third-order valence-corrected chi connectivity index (χ3v) is 3.52. The summed E-state index contributed by atoms with van der Waals surface area (Å²) in [5.41, 5.74) is 0.638. The van der Waals surface area contributed by atoms with E-state index in [2.05, 4.69) is 0 Å². The van der Waals surface area contributed by atoms with Gasteiger partial charge in [0.05, 0.1) is 18.8 Å². The van der Waals surface area contributed by atoms with Crippen molar-refractivity contribution in [3.8, 4) is 0 Å². The fraction of sp³-hybridized carbons (Fsp3) is 0.562. The third kappa shape index (κ3) is 3.06. The summed E-state index contributed by atoms with van der Waals surface area (Å²) < 4.78 is 12.9. The van der Waals surface area contributed by atoms with E-state index in [0.29, 0.717) is 6.42 Å². The minimum Gasteiger partial charge on any atom is -0.501 e. The second kappa shape index (κ2) is 5.35. The number of carbonyl (C=O) groups excluding carboxylic acids is 1. The lowest BCUT2D eigenvalue weighted by Gasteiger charge is -2.25. The number of ether oxygens (including phenoxy) is 2. The standard InChI is InChI=1S/C16H23NO3/c1-16(2,3)20-15(18)13-10-11(19-5)9-12(13)14-7-6-8-17(14)4/h6-9,12-13H,10H2,1-5H3/t12-,13-/m1/s1. The summed E-state index contributed by atoms with van der Waals surface area (Å²) in [4.78, 5) is 12.4. The molecule has 2 rings (SSSR count). The van der Waals surface area contributed by atoms with Crippen LogP contribution in [0.3, 0.4) is 0 Å². The zero-order valence-electron chi connectivity index (χ0n) is 12.8. The number of rotatable bonds is 3. The van der Waals surface area contributed by atoms with E-state index < -0.39 is 5.60 Å². The van der Waals surface area contributed by atoms with Gasteiger partial charge in [0.1, 0.15) is 5.60 Å². The van der Waals surface area contributed by atoms with E-state index >= 15 is 0 Å². The predicted molar refractivity (Wildman–Crippen MR) is 77.2 cm³/mol. The molecule has 1 aromatic rings. The van der Waals surface area contributed by atoms with Gasteiger partial charge >= 0.3 is 5.97 Å². The van der Waals surface area contributed by atoms with Crippen molar-refractivity contribution < 1.29 is 14.3 Å². The van der Waals surface area contributed by atoms with Crippen LogP contribution >= 0.6 is 0 Å². The van der Waals surface area contributed by atoms with Gasteiger partial charge in [0.2, 0.25) is 0 Å². The highest BCUT2D eigenvalue weighted by molar-refractivity contribution is 5.75. The summed E-state index contributed by atoms with van der Waals surface area (Å²) >= 11 is 0. The number of aryl methyl sites for hydroxylation is 1. The normalized spacial score (nSPS) is 22.6. The average molecular weight is 277 g/mol. The molecular formula is C16H23NO3. The van der Waals surface area contributed by atoms with Gasteiger partial charge in [-0.1, -0.05) is 0 Å². The molecule has 0 aliphatic heterocycles. The third-order valence-electron chi connectivity index (χ3n) is 3.52. The van der Waals surface area contributed by atoms with Gasteiger partial charge < -0.3 is 14.0 Å². The van der Waals surface area contributed by atoms with E-state index in [4.69, 9.17) is 9.47 Å². The van der Waals surface area contributed by atoms with Gasteiger partial charge in [-0.2, -0.15) is 0 Å². The molecule has 0 aromatic carbocycles. The van der Waals surface area contributed by atoms with Gasteiger partial charge in [-0.05, 0) is 39.0 Å². The van der Waals surface area contributed by atoms with Crippen LogP contribution in [0.1, 0.15) is 38.8 Å². The van der Waals surface area contributed by atoms with Crippen molar-refractivity contribution in [2.75, 3.05) is 7.11 Å². The number of hydrogen-bond donors (Lipinski definition) is 0. The SMILES string of the molecule is COC1=C[C@@H](c2cccn2C)[C@H](C(=O)OC(C)(C)C)C1. The second-order valence-corrected chi connectivity index (χ2v) is 6.25. The molecule has 1 heterocycles. The van der Waals surface area contributed by atoms with Crippen LogP contribution in [-0.2, 0) is 21.3 Å². The Morgan fingerprint density at radius 1 is 1.40 bits per heavy atom. The molecule has 0 saturated heterocycles. The molecule has 4 nitrogen and oxygen atoms in total. The number of methoxy groups -OCH3 is 1. The van der Waals surface area contributed by atoms with Crippen molar-refractivity contribution in [2.45, 2.75) is 38.7 Å². The lowest BCUT2D eigenvalue weighted by Crippen LogP contribution is -2.30. The molecule has 1 aromatic heterocycles. The molecule has 20 heavy (non-hydrogen) atoms. The summed E-state index contributed by atoms with van der Waals surface area (Å²) in [6, 6.07) is 4.03. The molecular weight excluding hydrogens is 254 g/mol. The summed E-state index contributed by atoms with van der Waals surface area (Å²) in [6.45, 7) is 5.67. The van der Waals surface area contributed by atoms with Crippen molar-refractivity contribution in [3.05, 3.63) is 35.9 Å². The Balaban J connectivity index is 2.24. The number of hydrogen-bond acceptors (Lipinski definition) is 3. The smallest absolute Gasteiger partial charge is 0.310 e. The van der Waals surface area contributed by atoms with Gasteiger partial charge in [-0.25, -0.2) is 0 Å². The van der Waals surface area contributed by atoms with E-state index in [1.54, 1.807) is 7.11 Å². The minimum atomic E-state index is -0.467. The minimum absolute atomic E-state index is 0.0137. The maximum atomic E-state index is 12.4. The average Bonchev–Trinajstić information content (AvgIpc) is 2.92. The highest BCUT2D eigenvalue weighted by Gasteiger charge is 2.38. The fourth-order valence-electron chi connectivity index (χ4n) is 2.60. The lowest BCUT2D eigenvalue weighted by molar-refractivity contribution is -0.160. The first-order valence-electron chi connectivity index (χ1n) is 6.90. The highest BCUT2D eigenvalue weighted by Crippen LogP contribution is 2.39. The number of carbonyl (C=O) groups is 1. The second-order valence-electron chi connectivity index (χ2n) is 6.25. The van der Waals surface area contributed by atoms with Crippen LogP contribution in [-0.4, -0.2) is 23.2 Å². The first kappa shape index (κ1) is 14.7.